The van der Waals surface area contributed by atoms with Crippen LogP contribution < -0.4 is 4.74 Å². The number of hydrogen-bond acceptors (Lipinski definition) is 3. The van der Waals surface area contributed by atoms with Crippen molar-refractivity contribution < 1.29 is 9.47 Å². The highest BCUT2D eigenvalue weighted by Gasteiger charge is 2.15. The highest BCUT2D eigenvalue weighted by Crippen LogP contribution is 2.20. The summed E-state index contributed by atoms with van der Waals surface area (Å²) < 4.78 is 10.8. The van der Waals surface area contributed by atoms with Gasteiger partial charge in [-0.25, -0.2) is 4.99 Å². The summed E-state index contributed by atoms with van der Waals surface area (Å²) in [5, 5.41) is 0. The number of ether oxygens (including phenoxy) is 2. The van der Waals surface area contributed by atoms with Crippen LogP contribution in [-0.2, 0) is 4.74 Å². The predicted octanol–water partition coefficient (Wildman–Crippen LogP) is 4.79. The first-order valence-electron chi connectivity index (χ1n) is 7.63. The van der Waals surface area contributed by atoms with Crippen molar-refractivity contribution in [3.05, 3.63) is 77.9 Å². The molecule has 1 heterocycles. The average Bonchev–Trinajstić information content (AvgIpc) is 3.03. The molecule has 2 aromatic rings. The molecule has 3 nitrogen and oxygen atoms in total. The molecule has 0 bridgehead atoms. The van der Waals surface area contributed by atoms with Crippen LogP contribution in [0.3, 0.4) is 0 Å². The van der Waals surface area contributed by atoms with Gasteiger partial charge in [0.15, 0.2) is 0 Å². The van der Waals surface area contributed by atoms with E-state index < -0.39 is 0 Å². The lowest BCUT2D eigenvalue weighted by atomic mass is 10.1. The number of rotatable bonds is 4. The van der Waals surface area contributed by atoms with E-state index in [1.165, 1.54) is 0 Å². The third-order valence-corrected chi connectivity index (χ3v) is 3.57. The Labute approximate surface area is 136 Å². The second kappa shape index (κ2) is 7.45. The molecule has 1 aliphatic rings. The van der Waals surface area contributed by atoms with Gasteiger partial charge in [0.1, 0.15) is 5.75 Å². The summed E-state index contributed by atoms with van der Waals surface area (Å²) in [6, 6.07) is 17.8. The molecule has 0 radical (unpaired) electrons. The van der Waals surface area contributed by atoms with Gasteiger partial charge in [-0.2, -0.15) is 0 Å². The van der Waals surface area contributed by atoms with E-state index in [-0.39, 0.29) is 0 Å². The fourth-order valence-electron chi connectivity index (χ4n) is 2.33. The zero-order valence-corrected chi connectivity index (χ0v) is 13.1. The Morgan fingerprint density at radius 1 is 1.04 bits per heavy atom. The fraction of sp³-hybridized carbons (Fsp3) is 0.150. The van der Waals surface area contributed by atoms with Crippen LogP contribution in [0.2, 0.25) is 0 Å². The van der Waals surface area contributed by atoms with E-state index in [1.54, 1.807) is 7.11 Å². The summed E-state index contributed by atoms with van der Waals surface area (Å²) in [7, 11) is 1.67. The van der Waals surface area contributed by atoms with Gasteiger partial charge in [0, 0.05) is 12.0 Å². The van der Waals surface area contributed by atoms with E-state index in [0.717, 1.165) is 34.9 Å². The average molecular weight is 305 g/mol. The van der Waals surface area contributed by atoms with Crippen LogP contribution in [0.15, 0.2) is 77.3 Å². The molecule has 0 N–H and O–H groups in total. The minimum Gasteiger partial charge on any atom is -0.497 e. The molecule has 0 atom stereocenters. The van der Waals surface area contributed by atoms with Crippen molar-refractivity contribution in [1.29, 1.82) is 0 Å². The maximum atomic E-state index is 5.63. The summed E-state index contributed by atoms with van der Waals surface area (Å²) in [5.74, 6) is 1.58. The Kier molecular flexibility index (Phi) is 4.89. The lowest BCUT2D eigenvalue weighted by Crippen LogP contribution is -1.95. The molecule has 3 rings (SSSR count). The van der Waals surface area contributed by atoms with Crippen molar-refractivity contribution in [2.75, 3.05) is 13.7 Å². The summed E-state index contributed by atoms with van der Waals surface area (Å²) in [5.41, 5.74) is 3.16. The molecule has 0 aliphatic carbocycles. The minimum absolute atomic E-state index is 0.688. The SMILES string of the molecule is COc1ccc(/C=C/C=C2\CCOC2=Nc2ccccc2)cc1. The summed E-state index contributed by atoms with van der Waals surface area (Å²) in [6.45, 7) is 0.688. The van der Waals surface area contributed by atoms with Crippen molar-refractivity contribution in [3.63, 3.8) is 0 Å². The van der Waals surface area contributed by atoms with Crippen molar-refractivity contribution >= 4 is 17.7 Å². The molecular formula is C20H19NO2. The number of para-hydroxylation sites is 1. The van der Waals surface area contributed by atoms with Crippen molar-refractivity contribution in [3.8, 4) is 5.75 Å². The molecule has 0 aromatic heterocycles. The Hall–Kier alpha value is -2.81. The van der Waals surface area contributed by atoms with Gasteiger partial charge in [-0.15, -0.1) is 0 Å². The first-order chi connectivity index (χ1) is 11.3. The first kappa shape index (κ1) is 15.1. The molecule has 116 valence electrons. The molecular weight excluding hydrogens is 286 g/mol. The predicted molar refractivity (Wildman–Crippen MR) is 94.2 cm³/mol. The minimum atomic E-state index is 0.688. The van der Waals surface area contributed by atoms with Crippen LogP contribution in [-0.4, -0.2) is 19.6 Å². The molecule has 0 unspecified atom stereocenters. The van der Waals surface area contributed by atoms with E-state index in [2.05, 4.69) is 17.1 Å². The van der Waals surface area contributed by atoms with Gasteiger partial charge in [-0.3, -0.25) is 0 Å². The van der Waals surface area contributed by atoms with Crippen molar-refractivity contribution in [2.24, 2.45) is 4.99 Å². The lowest BCUT2D eigenvalue weighted by molar-refractivity contribution is 0.344. The van der Waals surface area contributed by atoms with Gasteiger partial charge >= 0.3 is 0 Å². The normalized spacial score (nSPS) is 17.8. The largest absolute Gasteiger partial charge is 0.497 e. The van der Waals surface area contributed by atoms with Crippen LogP contribution in [0.25, 0.3) is 6.08 Å². The van der Waals surface area contributed by atoms with Gasteiger partial charge < -0.3 is 9.47 Å². The van der Waals surface area contributed by atoms with Crippen molar-refractivity contribution in [1.82, 2.24) is 0 Å². The molecule has 0 amide bonds. The highest BCUT2D eigenvalue weighted by molar-refractivity contribution is 5.97. The number of hydrogen-bond donors (Lipinski definition) is 0. The van der Waals surface area contributed by atoms with Crippen LogP contribution in [0.5, 0.6) is 5.75 Å². The Morgan fingerprint density at radius 2 is 1.83 bits per heavy atom. The molecule has 0 saturated carbocycles. The summed E-state index contributed by atoms with van der Waals surface area (Å²) in [4.78, 5) is 4.56. The number of benzene rings is 2. The number of allylic oxidation sites excluding steroid dienone is 2. The molecule has 2 aromatic carbocycles. The van der Waals surface area contributed by atoms with E-state index in [0.29, 0.717) is 6.61 Å². The van der Waals surface area contributed by atoms with E-state index >= 15 is 0 Å². The smallest absolute Gasteiger partial charge is 0.217 e. The second-order valence-corrected chi connectivity index (χ2v) is 5.18. The second-order valence-electron chi connectivity index (χ2n) is 5.18. The summed E-state index contributed by atoms with van der Waals surface area (Å²) >= 11 is 0. The van der Waals surface area contributed by atoms with Crippen LogP contribution in [0.4, 0.5) is 5.69 Å². The van der Waals surface area contributed by atoms with Crippen molar-refractivity contribution in [2.45, 2.75) is 6.42 Å². The molecule has 1 aliphatic heterocycles. The number of nitrogens with zero attached hydrogens (tertiary/aromatic N) is 1. The topological polar surface area (TPSA) is 30.8 Å². The Bertz CT molecular complexity index is 728. The lowest BCUT2D eigenvalue weighted by Gasteiger charge is -2.00. The van der Waals surface area contributed by atoms with Gasteiger partial charge in [0.25, 0.3) is 0 Å². The zero-order valence-electron chi connectivity index (χ0n) is 13.1. The van der Waals surface area contributed by atoms with Crippen LogP contribution >= 0.6 is 0 Å². The first-order valence-corrected chi connectivity index (χ1v) is 7.63. The highest BCUT2D eigenvalue weighted by atomic mass is 16.5. The van der Waals surface area contributed by atoms with E-state index in [9.17, 15) is 0 Å². The Morgan fingerprint density at radius 3 is 2.57 bits per heavy atom. The monoisotopic (exact) mass is 305 g/mol. The molecule has 0 spiro atoms. The summed E-state index contributed by atoms with van der Waals surface area (Å²) in [6.07, 6.45) is 7.05. The number of methoxy groups -OCH3 is 1. The molecule has 1 fully saturated rings. The van der Waals surface area contributed by atoms with Gasteiger partial charge in [-0.05, 0) is 29.8 Å². The Balaban J connectivity index is 1.73. The maximum Gasteiger partial charge on any atom is 0.217 e. The maximum absolute atomic E-state index is 5.63. The fourth-order valence-corrected chi connectivity index (χ4v) is 2.33. The van der Waals surface area contributed by atoms with Crippen LogP contribution in [0.1, 0.15) is 12.0 Å². The number of aliphatic imine (C=N–C) groups is 1. The molecule has 23 heavy (non-hydrogen) atoms. The molecule has 3 heteroatoms. The van der Waals surface area contributed by atoms with Gasteiger partial charge in [0.2, 0.25) is 5.90 Å². The zero-order chi connectivity index (χ0) is 15.9. The van der Waals surface area contributed by atoms with Gasteiger partial charge in [-0.1, -0.05) is 48.6 Å². The van der Waals surface area contributed by atoms with E-state index in [4.69, 9.17) is 9.47 Å². The molecule has 1 saturated heterocycles. The van der Waals surface area contributed by atoms with E-state index in [1.807, 2.05) is 60.7 Å². The third-order valence-electron chi connectivity index (χ3n) is 3.57. The quantitative estimate of drug-likeness (QED) is 0.813. The third kappa shape index (κ3) is 4.10. The standard InChI is InChI=1S/C20H19NO2/c1-22-19-12-10-16(11-13-19)6-5-7-17-14-15-23-20(17)21-18-8-3-2-4-9-18/h2-13H,14-15H2,1H3/b6-5+,17-7+,21-20?. The van der Waals surface area contributed by atoms with Crippen LogP contribution in [0, 0.1) is 0 Å². The van der Waals surface area contributed by atoms with Gasteiger partial charge in [0.05, 0.1) is 19.4 Å².